The molecule has 0 saturated carbocycles. The fraction of sp³-hybridized carbons (Fsp3) is 1.00. The molecule has 0 bridgehead atoms. The van der Waals surface area contributed by atoms with Crippen LogP contribution < -0.4 is 5.14 Å². The summed E-state index contributed by atoms with van der Waals surface area (Å²) in [6.07, 6.45) is 0.892. The molecule has 0 aromatic carbocycles. The summed E-state index contributed by atoms with van der Waals surface area (Å²) in [4.78, 5) is 0. The summed E-state index contributed by atoms with van der Waals surface area (Å²) in [5.74, 6) is 0. The third-order valence-corrected chi connectivity index (χ3v) is 2.10. The maximum Gasteiger partial charge on any atom is 0.132 e. The van der Waals surface area contributed by atoms with Gasteiger partial charge in [0.2, 0.25) is 0 Å². The predicted octanol–water partition coefficient (Wildman–Crippen LogP) is 0.407. The van der Waals surface area contributed by atoms with Gasteiger partial charge in [-0.15, -0.1) is 0 Å². The number of hydrogen-bond donors (Lipinski definition) is 1. The van der Waals surface area contributed by atoms with Crippen LogP contribution in [0.5, 0.6) is 0 Å². The highest BCUT2D eigenvalue weighted by molar-refractivity contribution is 7.89. The zero-order valence-corrected chi connectivity index (χ0v) is 5.49. The first-order chi connectivity index (χ1) is 3.18. The van der Waals surface area contributed by atoms with Crippen LogP contribution >= 0.6 is 0 Å². The highest BCUT2D eigenvalue weighted by Gasteiger charge is 2.07. The standard InChI is InChI=1S/C4H11NOS/c1-3-4(2)7(5)6/h4H,3,5H2,1-2H3/t4-,7?/m1/s1. The first-order valence-corrected chi connectivity index (χ1v) is 3.61. The minimum Gasteiger partial charge on any atom is -0.598 e. The van der Waals surface area contributed by atoms with Gasteiger partial charge < -0.3 is 4.55 Å². The van der Waals surface area contributed by atoms with Gasteiger partial charge in [-0.25, -0.2) is 0 Å². The second kappa shape index (κ2) is 3.29. The Morgan fingerprint density at radius 3 is 2.29 bits per heavy atom. The van der Waals surface area contributed by atoms with Gasteiger partial charge in [-0.2, -0.15) is 5.14 Å². The van der Waals surface area contributed by atoms with Gasteiger partial charge in [0.15, 0.2) is 0 Å². The average Bonchev–Trinajstić information content (AvgIpc) is 1.65. The van der Waals surface area contributed by atoms with E-state index in [0.717, 1.165) is 6.42 Å². The molecule has 0 aliphatic rings. The summed E-state index contributed by atoms with van der Waals surface area (Å²) in [5, 5.41) is 5.17. The summed E-state index contributed by atoms with van der Waals surface area (Å²) in [6.45, 7) is 3.84. The molecule has 0 heterocycles. The van der Waals surface area contributed by atoms with Crippen molar-refractivity contribution >= 4 is 11.4 Å². The summed E-state index contributed by atoms with van der Waals surface area (Å²) in [7, 11) is 0. The van der Waals surface area contributed by atoms with Gasteiger partial charge in [0.25, 0.3) is 0 Å². The second-order valence-electron chi connectivity index (χ2n) is 1.55. The van der Waals surface area contributed by atoms with Gasteiger partial charge in [0.1, 0.15) is 5.25 Å². The molecule has 44 valence electrons. The number of nitrogens with two attached hydrogens (primary N) is 1. The quantitative estimate of drug-likeness (QED) is 0.538. The van der Waals surface area contributed by atoms with E-state index in [9.17, 15) is 4.55 Å². The van der Waals surface area contributed by atoms with Crippen molar-refractivity contribution in [3.63, 3.8) is 0 Å². The van der Waals surface area contributed by atoms with Gasteiger partial charge in [-0.05, 0) is 13.3 Å². The van der Waals surface area contributed by atoms with Crippen molar-refractivity contribution in [2.75, 3.05) is 0 Å². The SMILES string of the molecule is CC[C@@H](C)[S+](N)[O-]. The minimum absolute atomic E-state index is 0.153. The molecule has 0 rings (SSSR count). The Kier molecular flexibility index (Phi) is 3.42. The van der Waals surface area contributed by atoms with Crippen LogP contribution in [0.2, 0.25) is 0 Å². The Labute approximate surface area is 47.4 Å². The van der Waals surface area contributed by atoms with Crippen molar-refractivity contribution in [2.45, 2.75) is 25.5 Å². The Morgan fingerprint density at radius 1 is 1.86 bits per heavy atom. The zero-order chi connectivity index (χ0) is 5.86. The topological polar surface area (TPSA) is 49.1 Å². The highest BCUT2D eigenvalue weighted by Crippen LogP contribution is 1.97. The van der Waals surface area contributed by atoms with E-state index in [1.807, 2.05) is 13.8 Å². The van der Waals surface area contributed by atoms with Crippen LogP contribution in [0, 0.1) is 0 Å². The van der Waals surface area contributed by atoms with Gasteiger partial charge in [0.05, 0.1) is 0 Å². The van der Waals surface area contributed by atoms with Gasteiger partial charge in [-0.1, -0.05) is 6.92 Å². The molecule has 0 fully saturated rings. The highest BCUT2D eigenvalue weighted by atomic mass is 32.2. The van der Waals surface area contributed by atoms with Crippen molar-refractivity contribution in [1.82, 2.24) is 0 Å². The molecule has 0 aliphatic heterocycles. The lowest BCUT2D eigenvalue weighted by Gasteiger charge is -2.08. The van der Waals surface area contributed by atoms with Crippen LogP contribution in [0.15, 0.2) is 0 Å². The molecule has 7 heavy (non-hydrogen) atoms. The molecule has 0 aromatic rings. The Bertz CT molecular complexity index is 49.0. The maximum atomic E-state index is 10.3. The number of hydrogen-bond acceptors (Lipinski definition) is 2. The molecular weight excluding hydrogens is 110 g/mol. The summed E-state index contributed by atoms with van der Waals surface area (Å²) < 4.78 is 10.3. The lowest BCUT2D eigenvalue weighted by molar-refractivity contribution is 0.582. The fourth-order valence-electron chi connectivity index (χ4n) is 0.164. The van der Waals surface area contributed by atoms with E-state index in [0.29, 0.717) is 0 Å². The average molecular weight is 121 g/mol. The van der Waals surface area contributed by atoms with Gasteiger partial charge in [-0.3, -0.25) is 0 Å². The van der Waals surface area contributed by atoms with Crippen molar-refractivity contribution in [3.05, 3.63) is 0 Å². The third kappa shape index (κ3) is 2.91. The molecule has 0 spiro atoms. The van der Waals surface area contributed by atoms with Crippen molar-refractivity contribution < 1.29 is 4.55 Å². The van der Waals surface area contributed by atoms with Gasteiger partial charge in [0, 0.05) is 11.4 Å². The van der Waals surface area contributed by atoms with Crippen LogP contribution in [-0.2, 0) is 11.4 Å². The van der Waals surface area contributed by atoms with E-state index in [1.54, 1.807) is 0 Å². The van der Waals surface area contributed by atoms with Crippen LogP contribution in [0.1, 0.15) is 20.3 Å². The molecular formula is C4H11NOS. The van der Waals surface area contributed by atoms with Crippen LogP contribution in [-0.4, -0.2) is 9.80 Å². The zero-order valence-electron chi connectivity index (χ0n) is 4.68. The molecule has 0 saturated heterocycles. The van der Waals surface area contributed by atoms with Crippen LogP contribution in [0.4, 0.5) is 0 Å². The van der Waals surface area contributed by atoms with E-state index in [4.69, 9.17) is 5.14 Å². The van der Waals surface area contributed by atoms with Crippen molar-refractivity contribution in [2.24, 2.45) is 5.14 Å². The lowest BCUT2D eigenvalue weighted by Crippen LogP contribution is -2.24. The van der Waals surface area contributed by atoms with Crippen LogP contribution in [0.25, 0.3) is 0 Å². The molecule has 2 atom stereocenters. The third-order valence-electron chi connectivity index (χ3n) is 0.971. The largest absolute Gasteiger partial charge is 0.598 e. The molecule has 2 nitrogen and oxygen atoms in total. The Morgan fingerprint density at radius 2 is 2.29 bits per heavy atom. The summed E-state index contributed by atoms with van der Waals surface area (Å²) in [6, 6.07) is 0. The summed E-state index contributed by atoms with van der Waals surface area (Å²) in [5.41, 5.74) is 0. The molecule has 3 heteroatoms. The van der Waals surface area contributed by atoms with Gasteiger partial charge >= 0.3 is 0 Å². The molecule has 0 amide bonds. The first-order valence-electron chi connectivity index (χ1n) is 2.33. The molecule has 1 unspecified atom stereocenters. The van der Waals surface area contributed by atoms with E-state index in [2.05, 4.69) is 0 Å². The molecule has 2 N–H and O–H groups in total. The molecule has 0 aliphatic carbocycles. The monoisotopic (exact) mass is 121 g/mol. The minimum atomic E-state index is -1.11. The van der Waals surface area contributed by atoms with E-state index < -0.39 is 11.4 Å². The van der Waals surface area contributed by atoms with E-state index in [1.165, 1.54) is 0 Å². The van der Waals surface area contributed by atoms with E-state index >= 15 is 0 Å². The molecule has 0 radical (unpaired) electrons. The predicted molar refractivity (Wildman–Crippen MR) is 32.1 cm³/mol. The summed E-state index contributed by atoms with van der Waals surface area (Å²) >= 11 is -1.11. The van der Waals surface area contributed by atoms with Crippen molar-refractivity contribution in [3.8, 4) is 0 Å². The van der Waals surface area contributed by atoms with Crippen LogP contribution in [0.3, 0.4) is 0 Å². The second-order valence-corrected chi connectivity index (χ2v) is 3.01. The fourth-order valence-corrected chi connectivity index (χ4v) is 0.493. The number of rotatable bonds is 2. The molecule has 0 aromatic heterocycles. The normalized spacial score (nSPS) is 18.9. The lowest BCUT2D eigenvalue weighted by atomic mass is 10.4. The smallest absolute Gasteiger partial charge is 0.132 e. The van der Waals surface area contributed by atoms with E-state index in [-0.39, 0.29) is 5.25 Å². The van der Waals surface area contributed by atoms with Crippen molar-refractivity contribution in [1.29, 1.82) is 0 Å². The Balaban J connectivity index is 3.14. The maximum absolute atomic E-state index is 10.3. The Hall–Kier alpha value is 0.270. The first kappa shape index (κ1) is 7.27.